The van der Waals surface area contributed by atoms with Crippen molar-refractivity contribution in [2.45, 2.75) is 192 Å². The molecule has 21 N–H and O–H groups in total. The van der Waals surface area contributed by atoms with Crippen molar-refractivity contribution in [3.8, 4) is 0 Å². The molecule has 27 nitrogen and oxygen atoms in total. The molecule has 1 fully saturated rings. The molecule has 1 heterocycles. The third-order valence-electron chi connectivity index (χ3n) is 13.5. The molecule has 0 spiro atoms. The first-order chi connectivity index (χ1) is 37.4. The molecule has 1 saturated heterocycles. The number of rotatable bonds is 30. The van der Waals surface area contributed by atoms with Gasteiger partial charge in [-0.05, 0) is 104 Å². The fourth-order valence-electron chi connectivity index (χ4n) is 9.00. The number of nitrogens with one attached hydrogen (secondary N) is 8. The summed E-state index contributed by atoms with van der Waals surface area (Å²) in [5.41, 5.74) is 29.1. The van der Waals surface area contributed by atoms with Crippen LogP contribution in [0.5, 0.6) is 0 Å². The number of ketones is 3. The van der Waals surface area contributed by atoms with Crippen LogP contribution in [0.25, 0.3) is 0 Å². The highest BCUT2D eigenvalue weighted by atomic mass is 16.3. The minimum atomic E-state index is -1.68. The van der Waals surface area contributed by atoms with Gasteiger partial charge in [0.25, 0.3) is 0 Å². The van der Waals surface area contributed by atoms with Crippen LogP contribution in [0, 0.1) is 23.7 Å². The molecule has 1 aliphatic rings. The Morgan fingerprint density at radius 2 is 1.11 bits per heavy atom. The predicted molar refractivity (Wildman–Crippen MR) is 292 cm³/mol. The Bertz CT molecular complexity index is 1980. The maximum atomic E-state index is 14.4. The Morgan fingerprint density at radius 1 is 0.608 bits per heavy atom. The van der Waals surface area contributed by atoms with E-state index < -0.39 is 163 Å². The second-order valence-electron chi connectivity index (χ2n) is 20.9. The molecule has 8 amide bonds. The van der Waals surface area contributed by atoms with Gasteiger partial charge in [-0.25, -0.2) is 0 Å². The van der Waals surface area contributed by atoms with Crippen molar-refractivity contribution < 1.29 is 68.1 Å². The smallest absolute Gasteiger partial charge is 0.245 e. The van der Waals surface area contributed by atoms with E-state index in [2.05, 4.69) is 49.5 Å². The van der Waals surface area contributed by atoms with Gasteiger partial charge in [0, 0.05) is 50.0 Å². The Morgan fingerprint density at radius 3 is 1.65 bits per heavy atom. The monoisotopic (exact) mass is 1130 g/mol. The summed E-state index contributed by atoms with van der Waals surface area (Å²) in [6.45, 7) is 6.17. The summed E-state index contributed by atoms with van der Waals surface area (Å²) < 4.78 is 0. The van der Waals surface area contributed by atoms with Crippen LogP contribution in [-0.4, -0.2) is 180 Å². The number of hydrogen-bond acceptors (Lipinski definition) is 19. The normalized spacial score (nSPS) is 23.6. The lowest BCUT2D eigenvalue weighted by atomic mass is 9.88. The summed E-state index contributed by atoms with van der Waals surface area (Å²) in [7, 11) is 0. The van der Waals surface area contributed by atoms with Gasteiger partial charge in [-0.15, -0.1) is 0 Å². The lowest BCUT2D eigenvalue weighted by Crippen LogP contribution is -2.61. The van der Waals surface area contributed by atoms with Crippen LogP contribution in [-0.2, 0) is 52.7 Å². The Balaban J connectivity index is 3.76. The van der Waals surface area contributed by atoms with Gasteiger partial charge in [0.15, 0.2) is 11.6 Å². The van der Waals surface area contributed by atoms with Gasteiger partial charge in [-0.1, -0.05) is 46.5 Å². The maximum absolute atomic E-state index is 14.4. The zero-order valence-electron chi connectivity index (χ0n) is 47.0. The Kier molecular flexibility index (Phi) is 35.2. The van der Waals surface area contributed by atoms with Crippen molar-refractivity contribution >= 4 is 64.6 Å². The van der Waals surface area contributed by atoms with Gasteiger partial charge in [-0.3, -0.25) is 52.7 Å². The summed E-state index contributed by atoms with van der Waals surface area (Å²) >= 11 is 0. The van der Waals surface area contributed by atoms with Crippen LogP contribution in [0.3, 0.4) is 0 Å². The highest BCUT2D eigenvalue weighted by molar-refractivity contribution is 5.99. The molecular formula is C52H95N13O14. The number of carbonyl (C=O) groups excluding carboxylic acids is 11. The topological polar surface area (TPSA) is 475 Å². The largest absolute Gasteiger partial charge is 0.394 e. The number of hydrogen-bond donors (Lipinski definition) is 16. The lowest BCUT2D eigenvalue weighted by molar-refractivity contribution is -0.138. The molecule has 12 atom stereocenters. The standard InChI is InChI=1S/C52H95N13O14/c1-6-7-8-9-10-11-35(69)25-32(12-18-53)45(72)63-40(28-66)42(71)26-33(13-19-54)46(73)60-39-17-23-58-51(78)43(30(4)67)65-50(77)38(16-22-57)61-48(75)37(15-21-56)62-52(79)44(31(5)68)64-47(74)34(24-29(2)3)27-41(70)36(14-20-55)59-49(39)76/h29-34,36-40,43-44,66-68H,6-28,53-57H2,1-5H3,(H,58,78)(H,59,76)(H,60,73)(H,61,75)(H,62,79)(H,63,72)(H,64,74)(H,65,77)/t30-,31-,32-,33-,34+,36+,37+,38+,39+,40+,43+,44+/m1/s1. The van der Waals surface area contributed by atoms with E-state index in [0.29, 0.717) is 6.42 Å². The SMILES string of the molecule is CCCCCCCC(=O)C[C@@H](CCN)C(=O)N[C@@H](CO)C(=O)C[C@@H](CCN)C(=O)N[C@H]1CCNC(=O)[C@H]([C@@H](C)O)NC(=O)[C@H](CCN)NC(=O)[C@H](CCN)NC(=O)[C@H]([C@@H](C)O)NC(=O)[C@@H](CC(C)C)CC(=O)[C@H](CCN)NC1=O. The van der Waals surface area contributed by atoms with Crippen LogP contribution >= 0.6 is 0 Å². The molecule has 0 unspecified atom stereocenters. The molecule has 27 heteroatoms. The summed E-state index contributed by atoms with van der Waals surface area (Å²) in [6.07, 6.45) is -0.383. The molecule has 0 aromatic heterocycles. The maximum Gasteiger partial charge on any atom is 0.245 e. The fraction of sp³-hybridized carbons (Fsp3) is 0.788. The molecule has 0 radical (unpaired) electrons. The van der Waals surface area contributed by atoms with Gasteiger partial charge in [0.2, 0.25) is 47.3 Å². The van der Waals surface area contributed by atoms with Gasteiger partial charge < -0.3 is 86.5 Å². The molecule has 1 rings (SSSR count). The summed E-state index contributed by atoms with van der Waals surface area (Å²) in [6, 6.07) is -10.7. The van der Waals surface area contributed by atoms with E-state index >= 15 is 0 Å². The number of amides is 8. The van der Waals surface area contributed by atoms with Crippen LogP contribution < -0.4 is 71.2 Å². The summed E-state index contributed by atoms with van der Waals surface area (Å²) in [5, 5.41) is 51.7. The zero-order chi connectivity index (χ0) is 59.8. The molecule has 0 aromatic rings. The molecular weight excluding hydrogens is 1030 g/mol. The molecule has 1 aliphatic heterocycles. The molecule has 0 aliphatic carbocycles. The van der Waals surface area contributed by atoms with Gasteiger partial charge in [-0.2, -0.15) is 0 Å². The summed E-state index contributed by atoms with van der Waals surface area (Å²) in [5.74, 6) is -12.4. The third kappa shape index (κ3) is 26.5. The first kappa shape index (κ1) is 71.5. The van der Waals surface area contributed by atoms with Crippen molar-refractivity contribution in [2.24, 2.45) is 52.3 Å². The van der Waals surface area contributed by atoms with E-state index in [1.54, 1.807) is 13.8 Å². The average Bonchev–Trinajstić information content (AvgIpc) is 3.38. The highest BCUT2D eigenvalue weighted by Crippen LogP contribution is 2.20. The lowest BCUT2D eigenvalue weighted by Gasteiger charge is -2.28. The average molecular weight is 1130 g/mol. The zero-order valence-corrected chi connectivity index (χ0v) is 47.0. The quantitative estimate of drug-likeness (QED) is 0.0302. The van der Waals surface area contributed by atoms with Gasteiger partial charge >= 0.3 is 0 Å². The van der Waals surface area contributed by atoms with Crippen molar-refractivity contribution in [1.82, 2.24) is 42.5 Å². The second-order valence-corrected chi connectivity index (χ2v) is 20.9. The number of Topliss-reactive ketones (excluding diaryl/α,β-unsaturated/α-hetero) is 3. The fourth-order valence-corrected chi connectivity index (χ4v) is 9.00. The number of nitrogens with two attached hydrogens (primary N) is 5. The van der Waals surface area contributed by atoms with E-state index in [9.17, 15) is 68.1 Å². The summed E-state index contributed by atoms with van der Waals surface area (Å²) in [4.78, 5) is 152. The Hall–Kier alpha value is -5.55. The number of carbonyl (C=O) groups is 11. The van der Waals surface area contributed by atoms with Gasteiger partial charge in [0.05, 0.1) is 24.9 Å². The first-order valence-electron chi connectivity index (χ1n) is 27.9. The van der Waals surface area contributed by atoms with Crippen molar-refractivity contribution in [2.75, 3.05) is 45.9 Å². The molecule has 0 saturated carbocycles. The van der Waals surface area contributed by atoms with E-state index in [-0.39, 0.29) is 95.8 Å². The van der Waals surface area contributed by atoms with E-state index in [4.69, 9.17) is 28.7 Å². The number of aliphatic hydroxyl groups is 3. The minimum absolute atomic E-state index is 0.0605. The van der Waals surface area contributed by atoms with E-state index in [1.807, 2.05) is 0 Å². The van der Waals surface area contributed by atoms with Crippen molar-refractivity contribution in [3.05, 3.63) is 0 Å². The number of aliphatic hydroxyl groups excluding tert-OH is 3. The van der Waals surface area contributed by atoms with Crippen molar-refractivity contribution in [1.29, 1.82) is 0 Å². The van der Waals surface area contributed by atoms with Crippen LogP contribution in [0.2, 0.25) is 0 Å². The second kappa shape index (κ2) is 38.9. The predicted octanol–water partition coefficient (Wildman–Crippen LogP) is -4.47. The van der Waals surface area contributed by atoms with Crippen molar-refractivity contribution in [3.63, 3.8) is 0 Å². The number of unbranched alkanes of at least 4 members (excludes halogenated alkanes) is 4. The van der Waals surface area contributed by atoms with E-state index in [0.717, 1.165) is 25.7 Å². The van der Waals surface area contributed by atoms with E-state index in [1.165, 1.54) is 13.8 Å². The van der Waals surface area contributed by atoms with Gasteiger partial charge in [0.1, 0.15) is 42.0 Å². The first-order valence-corrected chi connectivity index (χ1v) is 27.9. The molecule has 79 heavy (non-hydrogen) atoms. The third-order valence-corrected chi connectivity index (χ3v) is 13.5. The Labute approximate surface area is 464 Å². The molecule has 0 aromatic carbocycles. The van der Waals surface area contributed by atoms with Crippen LogP contribution in [0.1, 0.15) is 137 Å². The van der Waals surface area contributed by atoms with Crippen LogP contribution in [0.15, 0.2) is 0 Å². The highest BCUT2D eigenvalue weighted by Gasteiger charge is 2.38. The molecule has 452 valence electrons. The van der Waals surface area contributed by atoms with Crippen LogP contribution in [0.4, 0.5) is 0 Å². The molecule has 0 bridgehead atoms. The minimum Gasteiger partial charge on any atom is -0.394 e.